The molecule has 1 fully saturated rings. The minimum Gasteiger partial charge on any atom is -0.394 e. The van der Waals surface area contributed by atoms with E-state index in [1.54, 1.807) is 6.08 Å². The van der Waals surface area contributed by atoms with Gasteiger partial charge in [0.05, 0.1) is 25.4 Å². The smallest absolute Gasteiger partial charge is 0.220 e. The van der Waals surface area contributed by atoms with Gasteiger partial charge < -0.3 is 40.3 Å². The first-order valence-corrected chi connectivity index (χ1v) is 36.1. The molecule has 0 spiro atoms. The first-order chi connectivity index (χ1) is 42.3. The van der Waals surface area contributed by atoms with E-state index < -0.39 is 49.5 Å². The Kier molecular flexibility index (Phi) is 61.0. The Labute approximate surface area is 529 Å². The summed E-state index contributed by atoms with van der Waals surface area (Å²) < 4.78 is 11.3. The van der Waals surface area contributed by atoms with Crippen LogP contribution in [-0.2, 0) is 14.3 Å². The molecule has 9 heteroatoms. The molecule has 6 N–H and O–H groups in total. The van der Waals surface area contributed by atoms with Crippen LogP contribution in [0.1, 0.15) is 316 Å². The zero-order chi connectivity index (χ0) is 62.1. The van der Waals surface area contributed by atoms with Gasteiger partial charge in [-0.3, -0.25) is 4.79 Å². The molecule has 0 aromatic heterocycles. The predicted molar refractivity (Wildman–Crippen MR) is 368 cm³/mol. The maximum Gasteiger partial charge on any atom is 0.220 e. The monoisotopic (exact) mass is 1200 g/mol. The molecule has 0 radical (unpaired) electrons. The van der Waals surface area contributed by atoms with Crippen LogP contribution in [0.5, 0.6) is 0 Å². The van der Waals surface area contributed by atoms with E-state index >= 15 is 0 Å². The Balaban J connectivity index is 2.10. The second-order valence-electron chi connectivity index (χ2n) is 24.7. The molecule has 86 heavy (non-hydrogen) atoms. The number of amides is 1. The number of hydrogen-bond acceptors (Lipinski definition) is 8. The zero-order valence-corrected chi connectivity index (χ0v) is 55.5. The fourth-order valence-electron chi connectivity index (χ4n) is 11.0. The SMILES string of the molecule is CC/C=C\C/C=C\C/C=C\C/C=C\C/C=C\C/C=C\C/C=C\C/C=C\CCCCCCCCCCCCCCCCCCC(=O)NC(COC1OC(CO)C(O)C(O)C1O)C(O)/C=C/CCCCCCCCCCCCCCCCCCCCCC. The van der Waals surface area contributed by atoms with Crippen LogP contribution in [0.3, 0.4) is 0 Å². The average molecular weight is 1200 g/mol. The second kappa shape index (κ2) is 64.8. The van der Waals surface area contributed by atoms with E-state index in [0.29, 0.717) is 6.42 Å². The lowest BCUT2D eigenvalue weighted by atomic mass is 9.99. The number of rotatable bonds is 62. The molecule has 1 rings (SSSR count). The molecule has 0 bridgehead atoms. The fraction of sp³-hybridized carbons (Fsp3) is 0.753. The van der Waals surface area contributed by atoms with Crippen LogP contribution in [0.4, 0.5) is 0 Å². The topological polar surface area (TPSA) is 149 Å². The van der Waals surface area contributed by atoms with Crippen molar-refractivity contribution in [3.63, 3.8) is 0 Å². The van der Waals surface area contributed by atoms with E-state index in [1.807, 2.05) is 6.08 Å². The Hall–Kier alpha value is -3.15. The first-order valence-electron chi connectivity index (χ1n) is 36.1. The highest BCUT2D eigenvalue weighted by molar-refractivity contribution is 5.76. The third-order valence-corrected chi connectivity index (χ3v) is 16.6. The molecule has 1 aliphatic heterocycles. The van der Waals surface area contributed by atoms with Crippen molar-refractivity contribution in [2.24, 2.45) is 0 Å². The molecule has 1 aliphatic rings. The van der Waals surface area contributed by atoms with Gasteiger partial charge >= 0.3 is 0 Å². The molecule has 0 aromatic carbocycles. The predicted octanol–water partition coefficient (Wildman–Crippen LogP) is 20.0. The molecule has 0 saturated carbocycles. The lowest BCUT2D eigenvalue weighted by Gasteiger charge is -2.40. The molecule has 1 amide bonds. The molecule has 7 unspecified atom stereocenters. The summed E-state index contributed by atoms with van der Waals surface area (Å²) in [5, 5.41) is 54.8. The molecule has 9 nitrogen and oxygen atoms in total. The van der Waals surface area contributed by atoms with Gasteiger partial charge in [0.2, 0.25) is 5.91 Å². The Bertz CT molecular complexity index is 1730. The van der Waals surface area contributed by atoms with Gasteiger partial charge in [0.1, 0.15) is 24.4 Å². The lowest BCUT2D eigenvalue weighted by molar-refractivity contribution is -0.302. The van der Waals surface area contributed by atoms with E-state index in [-0.39, 0.29) is 12.5 Å². The van der Waals surface area contributed by atoms with Crippen LogP contribution < -0.4 is 5.32 Å². The van der Waals surface area contributed by atoms with Crippen molar-refractivity contribution in [2.45, 2.75) is 358 Å². The van der Waals surface area contributed by atoms with Crippen LogP contribution >= 0.6 is 0 Å². The summed E-state index contributed by atoms with van der Waals surface area (Å²) in [7, 11) is 0. The van der Waals surface area contributed by atoms with E-state index in [4.69, 9.17) is 9.47 Å². The number of carbonyl (C=O) groups excluding carboxylic acids is 1. The molecule has 0 aliphatic carbocycles. The Morgan fingerprint density at radius 1 is 0.407 bits per heavy atom. The second-order valence-corrected chi connectivity index (χ2v) is 24.7. The van der Waals surface area contributed by atoms with Crippen molar-refractivity contribution in [1.82, 2.24) is 5.32 Å². The number of carbonyl (C=O) groups is 1. The highest BCUT2D eigenvalue weighted by Gasteiger charge is 2.44. The number of hydrogen-bond donors (Lipinski definition) is 6. The van der Waals surface area contributed by atoms with Crippen LogP contribution in [0.15, 0.2) is 109 Å². The van der Waals surface area contributed by atoms with Gasteiger partial charge in [-0.1, -0.05) is 335 Å². The average Bonchev–Trinajstić information content (AvgIpc) is 2.36. The van der Waals surface area contributed by atoms with E-state index in [0.717, 1.165) is 89.9 Å². The largest absolute Gasteiger partial charge is 0.394 e. The number of aliphatic hydroxyl groups excluding tert-OH is 5. The summed E-state index contributed by atoms with van der Waals surface area (Å²) >= 11 is 0. The third-order valence-electron chi connectivity index (χ3n) is 16.6. The van der Waals surface area contributed by atoms with Crippen molar-refractivity contribution in [1.29, 1.82) is 0 Å². The molecule has 496 valence electrons. The summed E-state index contributed by atoms with van der Waals surface area (Å²) in [4.78, 5) is 13.1. The van der Waals surface area contributed by atoms with Crippen molar-refractivity contribution < 1.29 is 39.8 Å². The summed E-state index contributed by atoms with van der Waals surface area (Å²) in [5.74, 6) is -0.176. The summed E-state index contributed by atoms with van der Waals surface area (Å²) in [6, 6.07) is -0.811. The van der Waals surface area contributed by atoms with Crippen molar-refractivity contribution in [3.05, 3.63) is 109 Å². The number of allylic oxidation sites excluding steroid dienone is 17. The Morgan fingerprint density at radius 2 is 0.721 bits per heavy atom. The van der Waals surface area contributed by atoms with Crippen molar-refractivity contribution in [3.8, 4) is 0 Å². The molecular weight excluding hydrogens is 1070 g/mol. The summed E-state index contributed by atoms with van der Waals surface area (Å²) in [6.45, 7) is 3.69. The van der Waals surface area contributed by atoms with Crippen LogP contribution in [0, 0.1) is 0 Å². The van der Waals surface area contributed by atoms with E-state index in [9.17, 15) is 30.3 Å². The maximum absolute atomic E-state index is 13.1. The van der Waals surface area contributed by atoms with Gasteiger partial charge in [0.25, 0.3) is 0 Å². The normalized spacial score (nSPS) is 18.7. The van der Waals surface area contributed by atoms with Gasteiger partial charge in [-0.05, 0) is 83.5 Å². The standard InChI is InChI=1S/C77H135NO8/c1-3-5-7-9-11-13-15-17-19-21-23-25-27-28-29-30-31-32-33-34-35-36-37-38-39-40-41-42-43-44-45-47-49-51-53-55-57-59-61-63-65-67-73(81)78-70(69-85-77-76(84)75(83)74(82)72(68-79)86-77)71(80)66-64-62-60-58-56-54-52-50-48-46-26-24-22-20-18-16-14-12-10-8-6-4-2/h5,7,11,13,17,19,23,25,28-29,31-32,34-35,37-38,64,66,70-72,74-77,79-80,82-84H,3-4,6,8-10,12,14-16,18,20-22,24,26-27,30,33,36,39-63,65,67-69H2,1-2H3,(H,78,81)/b7-5-,13-11-,19-17-,25-23-,29-28-,32-31-,35-34-,38-37-,66-64+. The number of unbranched alkanes of at least 4 members (excludes halogenated alkanes) is 36. The molecular formula is C77H135NO8. The van der Waals surface area contributed by atoms with Gasteiger partial charge in [-0.2, -0.15) is 0 Å². The van der Waals surface area contributed by atoms with Crippen molar-refractivity contribution >= 4 is 5.91 Å². The van der Waals surface area contributed by atoms with Crippen LogP contribution in [0.2, 0.25) is 0 Å². The number of ether oxygens (including phenoxy) is 2. The van der Waals surface area contributed by atoms with Crippen LogP contribution in [-0.4, -0.2) is 87.5 Å². The summed E-state index contributed by atoms with van der Waals surface area (Å²) in [5.41, 5.74) is 0. The third kappa shape index (κ3) is 52.8. The van der Waals surface area contributed by atoms with Crippen molar-refractivity contribution in [2.75, 3.05) is 13.2 Å². The quantitative estimate of drug-likeness (QED) is 0.0261. The van der Waals surface area contributed by atoms with Gasteiger partial charge in [-0.15, -0.1) is 0 Å². The Morgan fingerprint density at radius 3 is 1.07 bits per heavy atom. The van der Waals surface area contributed by atoms with Gasteiger partial charge in [0.15, 0.2) is 6.29 Å². The van der Waals surface area contributed by atoms with Gasteiger partial charge in [0, 0.05) is 6.42 Å². The zero-order valence-electron chi connectivity index (χ0n) is 55.5. The minimum atomic E-state index is -1.57. The molecule has 0 aromatic rings. The lowest BCUT2D eigenvalue weighted by Crippen LogP contribution is -2.60. The maximum atomic E-state index is 13.1. The van der Waals surface area contributed by atoms with Crippen LogP contribution in [0.25, 0.3) is 0 Å². The highest BCUT2D eigenvalue weighted by atomic mass is 16.7. The first kappa shape index (κ1) is 80.9. The number of aliphatic hydroxyl groups is 5. The molecule has 1 saturated heterocycles. The molecule has 1 heterocycles. The molecule has 7 atom stereocenters. The summed E-state index contributed by atoms with van der Waals surface area (Å²) in [6.07, 6.45) is 89.1. The number of nitrogens with one attached hydrogen (secondary N) is 1. The highest BCUT2D eigenvalue weighted by Crippen LogP contribution is 2.23. The fourth-order valence-corrected chi connectivity index (χ4v) is 11.0. The van der Waals surface area contributed by atoms with Gasteiger partial charge in [-0.25, -0.2) is 0 Å². The van der Waals surface area contributed by atoms with E-state index in [1.165, 1.54) is 205 Å². The minimum absolute atomic E-state index is 0.176. The van der Waals surface area contributed by atoms with E-state index in [2.05, 4.69) is 116 Å².